The average Bonchev–Trinajstić information content (AvgIpc) is 3.29. The van der Waals surface area contributed by atoms with E-state index in [9.17, 15) is 4.79 Å². The molecule has 0 unspecified atom stereocenters. The third kappa shape index (κ3) is 3.72. The van der Waals surface area contributed by atoms with E-state index in [2.05, 4.69) is 66.4 Å². The summed E-state index contributed by atoms with van der Waals surface area (Å²) in [6.07, 6.45) is 2.79. The van der Waals surface area contributed by atoms with E-state index < -0.39 is 5.41 Å². The lowest BCUT2D eigenvalue weighted by molar-refractivity contribution is -0.135. The molecule has 2 heteroatoms. The Labute approximate surface area is 174 Å². The van der Waals surface area contributed by atoms with E-state index >= 15 is 0 Å². The molecule has 2 nitrogen and oxygen atoms in total. The molecule has 4 rings (SSSR count). The van der Waals surface area contributed by atoms with Crippen LogP contribution in [0.2, 0.25) is 0 Å². The van der Waals surface area contributed by atoms with Crippen molar-refractivity contribution >= 4 is 5.91 Å². The minimum atomic E-state index is -0.622. The molecule has 1 heterocycles. The summed E-state index contributed by atoms with van der Waals surface area (Å²) in [6.45, 7) is 3.79. The largest absolute Gasteiger partial charge is 0.341 e. The van der Waals surface area contributed by atoms with Gasteiger partial charge in [-0.25, -0.2) is 0 Å². The normalized spacial score (nSPS) is 16.7. The Balaban J connectivity index is 1.72. The van der Waals surface area contributed by atoms with Gasteiger partial charge in [-0.1, -0.05) is 104 Å². The molecule has 1 saturated heterocycles. The molecule has 1 amide bonds. The fraction of sp³-hybridized carbons (Fsp3) is 0.296. The molecule has 0 aliphatic carbocycles. The Bertz CT molecular complexity index is 881. The number of nitrogens with zero attached hydrogens (tertiary/aromatic N) is 1. The molecular formula is C27H29NO. The van der Waals surface area contributed by atoms with Gasteiger partial charge in [-0.15, -0.1) is 0 Å². The second kappa shape index (κ2) is 8.65. The van der Waals surface area contributed by atoms with Crippen LogP contribution < -0.4 is 0 Å². The number of benzene rings is 3. The van der Waals surface area contributed by atoms with E-state index in [1.54, 1.807) is 0 Å². The molecule has 1 aliphatic heterocycles. The lowest BCUT2D eigenvalue weighted by Gasteiger charge is -2.37. The standard InChI is InChI=1S/C27H29NO/c1-2-19-27(24-14-8-4-9-15-24,25-16-10-5-11-17-25)26(29)28-20-18-23(21-28)22-12-6-3-7-13-22/h3-17,23H,2,18-21H2,1H3/t23-/m1/s1. The summed E-state index contributed by atoms with van der Waals surface area (Å²) in [4.78, 5) is 16.3. The molecule has 1 aliphatic rings. The number of rotatable bonds is 6. The molecule has 148 valence electrons. The van der Waals surface area contributed by atoms with Crippen molar-refractivity contribution in [3.05, 3.63) is 108 Å². The minimum Gasteiger partial charge on any atom is -0.341 e. The van der Waals surface area contributed by atoms with Crippen LogP contribution in [-0.2, 0) is 10.2 Å². The first-order valence-corrected chi connectivity index (χ1v) is 10.7. The first kappa shape index (κ1) is 19.4. The molecule has 0 saturated carbocycles. The quantitative estimate of drug-likeness (QED) is 0.528. The van der Waals surface area contributed by atoms with Crippen molar-refractivity contribution < 1.29 is 4.79 Å². The fourth-order valence-corrected chi connectivity index (χ4v) is 4.84. The Hall–Kier alpha value is -2.87. The highest BCUT2D eigenvalue weighted by molar-refractivity contribution is 5.92. The highest BCUT2D eigenvalue weighted by Gasteiger charge is 2.45. The highest BCUT2D eigenvalue weighted by Crippen LogP contribution is 2.40. The summed E-state index contributed by atoms with van der Waals surface area (Å²) in [5.74, 6) is 0.668. The van der Waals surface area contributed by atoms with Crippen molar-refractivity contribution in [1.29, 1.82) is 0 Å². The van der Waals surface area contributed by atoms with Gasteiger partial charge in [-0.2, -0.15) is 0 Å². The Morgan fingerprint density at radius 1 is 0.862 bits per heavy atom. The first-order valence-electron chi connectivity index (χ1n) is 10.7. The molecule has 0 bridgehead atoms. The van der Waals surface area contributed by atoms with Crippen LogP contribution in [0, 0.1) is 0 Å². The first-order chi connectivity index (χ1) is 14.3. The molecule has 3 aromatic rings. The number of hydrogen-bond acceptors (Lipinski definition) is 1. The molecule has 0 aromatic heterocycles. The van der Waals surface area contributed by atoms with Gasteiger partial charge in [0.1, 0.15) is 0 Å². The van der Waals surface area contributed by atoms with Gasteiger partial charge < -0.3 is 4.90 Å². The Morgan fingerprint density at radius 3 is 1.90 bits per heavy atom. The predicted octanol–water partition coefficient (Wildman–Crippen LogP) is 5.79. The number of amides is 1. The van der Waals surface area contributed by atoms with Crippen LogP contribution in [0.15, 0.2) is 91.0 Å². The summed E-state index contributed by atoms with van der Waals surface area (Å²) in [5, 5.41) is 0. The monoisotopic (exact) mass is 383 g/mol. The summed E-state index contributed by atoms with van der Waals surface area (Å²) in [7, 11) is 0. The second-order valence-corrected chi connectivity index (χ2v) is 8.03. The van der Waals surface area contributed by atoms with Crippen LogP contribution in [0.4, 0.5) is 0 Å². The van der Waals surface area contributed by atoms with E-state index in [4.69, 9.17) is 0 Å². The highest BCUT2D eigenvalue weighted by atomic mass is 16.2. The molecular weight excluding hydrogens is 354 g/mol. The van der Waals surface area contributed by atoms with Gasteiger partial charge >= 0.3 is 0 Å². The number of carbonyl (C=O) groups is 1. The molecule has 3 aromatic carbocycles. The van der Waals surface area contributed by atoms with Crippen LogP contribution in [-0.4, -0.2) is 23.9 Å². The van der Waals surface area contributed by atoms with Crippen molar-refractivity contribution in [2.45, 2.75) is 37.5 Å². The van der Waals surface area contributed by atoms with E-state index in [0.717, 1.165) is 43.5 Å². The van der Waals surface area contributed by atoms with Crippen molar-refractivity contribution in [3.8, 4) is 0 Å². The summed E-state index contributed by atoms with van der Waals surface area (Å²) in [5.41, 5.74) is 2.91. The maximum atomic E-state index is 14.2. The van der Waals surface area contributed by atoms with Crippen molar-refractivity contribution in [1.82, 2.24) is 4.90 Å². The van der Waals surface area contributed by atoms with Crippen LogP contribution in [0.3, 0.4) is 0 Å². The van der Waals surface area contributed by atoms with Gasteiger partial charge in [0.25, 0.3) is 0 Å². The van der Waals surface area contributed by atoms with Crippen molar-refractivity contribution in [3.63, 3.8) is 0 Å². The fourth-order valence-electron chi connectivity index (χ4n) is 4.84. The van der Waals surface area contributed by atoms with Crippen LogP contribution >= 0.6 is 0 Å². The molecule has 0 spiro atoms. The van der Waals surface area contributed by atoms with Gasteiger partial charge in [0.15, 0.2) is 0 Å². The zero-order chi connectivity index (χ0) is 20.1. The SMILES string of the molecule is CCCC(C(=O)N1CC[C@@H](c2ccccc2)C1)(c1ccccc1)c1ccccc1. The van der Waals surface area contributed by atoms with E-state index in [1.807, 2.05) is 36.4 Å². The third-order valence-corrected chi connectivity index (χ3v) is 6.27. The molecule has 0 N–H and O–H groups in total. The van der Waals surface area contributed by atoms with E-state index in [1.165, 1.54) is 5.56 Å². The van der Waals surface area contributed by atoms with Crippen molar-refractivity contribution in [2.24, 2.45) is 0 Å². The lowest BCUT2D eigenvalue weighted by atomic mass is 9.70. The average molecular weight is 384 g/mol. The predicted molar refractivity (Wildman–Crippen MR) is 119 cm³/mol. The summed E-state index contributed by atoms with van der Waals surface area (Å²) < 4.78 is 0. The van der Waals surface area contributed by atoms with E-state index in [0.29, 0.717) is 5.92 Å². The Morgan fingerprint density at radius 2 is 1.38 bits per heavy atom. The Kier molecular flexibility index (Phi) is 5.80. The van der Waals surface area contributed by atoms with Gasteiger partial charge in [-0.05, 0) is 29.5 Å². The molecule has 1 atom stereocenters. The van der Waals surface area contributed by atoms with Crippen LogP contribution in [0.1, 0.15) is 48.8 Å². The second-order valence-electron chi connectivity index (χ2n) is 8.03. The topological polar surface area (TPSA) is 20.3 Å². The zero-order valence-electron chi connectivity index (χ0n) is 17.1. The minimum absolute atomic E-state index is 0.246. The van der Waals surface area contributed by atoms with Gasteiger partial charge in [0, 0.05) is 19.0 Å². The molecule has 29 heavy (non-hydrogen) atoms. The van der Waals surface area contributed by atoms with Crippen LogP contribution in [0.5, 0.6) is 0 Å². The number of likely N-dealkylation sites (tertiary alicyclic amines) is 1. The van der Waals surface area contributed by atoms with Gasteiger partial charge in [-0.3, -0.25) is 4.79 Å². The molecule has 0 radical (unpaired) electrons. The lowest BCUT2D eigenvalue weighted by Crippen LogP contribution is -2.47. The zero-order valence-corrected chi connectivity index (χ0v) is 17.1. The van der Waals surface area contributed by atoms with Gasteiger partial charge in [0.05, 0.1) is 5.41 Å². The van der Waals surface area contributed by atoms with Crippen molar-refractivity contribution in [2.75, 3.05) is 13.1 Å². The number of hydrogen-bond donors (Lipinski definition) is 0. The van der Waals surface area contributed by atoms with Crippen LogP contribution in [0.25, 0.3) is 0 Å². The maximum absolute atomic E-state index is 14.2. The summed E-state index contributed by atoms with van der Waals surface area (Å²) in [6, 6.07) is 31.3. The number of carbonyl (C=O) groups excluding carboxylic acids is 1. The molecule has 1 fully saturated rings. The van der Waals surface area contributed by atoms with Gasteiger partial charge in [0.2, 0.25) is 5.91 Å². The summed E-state index contributed by atoms with van der Waals surface area (Å²) >= 11 is 0. The third-order valence-electron chi connectivity index (χ3n) is 6.27. The maximum Gasteiger partial charge on any atom is 0.237 e. The smallest absolute Gasteiger partial charge is 0.237 e. The van der Waals surface area contributed by atoms with E-state index in [-0.39, 0.29) is 5.91 Å².